The molecule has 1 saturated heterocycles. The van der Waals surface area contributed by atoms with Crippen molar-refractivity contribution in [3.8, 4) is 5.75 Å². The first-order valence-electron chi connectivity index (χ1n) is 6.88. The lowest BCUT2D eigenvalue weighted by Crippen LogP contribution is -2.23. The van der Waals surface area contributed by atoms with E-state index in [0.717, 1.165) is 36.0 Å². The third-order valence-corrected chi connectivity index (χ3v) is 4.01. The molecule has 0 saturated carbocycles. The van der Waals surface area contributed by atoms with Gasteiger partial charge in [-0.15, -0.1) is 0 Å². The molecule has 19 heavy (non-hydrogen) atoms. The summed E-state index contributed by atoms with van der Waals surface area (Å²) in [5, 5.41) is 0. The molecule has 0 aromatic heterocycles. The fourth-order valence-electron chi connectivity index (χ4n) is 2.80. The molecule has 1 atom stereocenters. The number of ether oxygens (including phenoxy) is 1. The van der Waals surface area contributed by atoms with Gasteiger partial charge in [0, 0.05) is 24.7 Å². The van der Waals surface area contributed by atoms with Gasteiger partial charge in [0.15, 0.2) is 0 Å². The number of anilines is 1. The Morgan fingerprint density at radius 2 is 2.32 bits per heavy atom. The Kier molecular flexibility index (Phi) is 4.64. The average Bonchev–Trinajstić information content (AvgIpc) is 2.87. The molecule has 2 N–H and O–H groups in total. The number of hydrogen-bond acceptors (Lipinski definition) is 3. The summed E-state index contributed by atoms with van der Waals surface area (Å²) in [5.74, 6) is 1.64. The summed E-state index contributed by atoms with van der Waals surface area (Å²) in [6, 6.07) is 5.92. The fraction of sp³-hybridized carbons (Fsp3) is 0.533. The summed E-state index contributed by atoms with van der Waals surface area (Å²) in [5.41, 5.74) is 7.90. The van der Waals surface area contributed by atoms with Crippen LogP contribution in [0.4, 0.5) is 5.69 Å². The molecule has 0 bridgehead atoms. The van der Waals surface area contributed by atoms with E-state index in [0.29, 0.717) is 4.99 Å². The third-order valence-electron chi connectivity index (χ3n) is 3.79. The van der Waals surface area contributed by atoms with Gasteiger partial charge in [-0.3, -0.25) is 0 Å². The first-order chi connectivity index (χ1) is 9.15. The Balaban J connectivity index is 2.25. The number of thiocarbonyl (C=S) groups is 1. The van der Waals surface area contributed by atoms with E-state index in [1.807, 2.05) is 18.2 Å². The van der Waals surface area contributed by atoms with Gasteiger partial charge in [-0.2, -0.15) is 0 Å². The van der Waals surface area contributed by atoms with Gasteiger partial charge in [0.2, 0.25) is 0 Å². The lowest BCUT2D eigenvalue weighted by Gasteiger charge is -2.22. The normalized spacial score (nSPS) is 18.6. The molecule has 0 aliphatic carbocycles. The maximum atomic E-state index is 5.83. The van der Waals surface area contributed by atoms with Gasteiger partial charge < -0.3 is 15.4 Å². The maximum Gasteiger partial charge on any atom is 0.120 e. The standard InChI is InChI=1S/C15H22N2OS/c1-3-4-11-7-8-17(10-11)14-9-12(18-2)5-6-13(14)15(16)19/h5-6,9,11H,3-4,7-8,10H2,1-2H3,(H2,16,19). The van der Waals surface area contributed by atoms with E-state index in [1.165, 1.54) is 19.3 Å². The second kappa shape index (κ2) is 6.24. The van der Waals surface area contributed by atoms with Gasteiger partial charge in [0.25, 0.3) is 0 Å². The molecule has 0 spiro atoms. The number of rotatable bonds is 5. The molecule has 1 fully saturated rings. The van der Waals surface area contributed by atoms with Crippen molar-refractivity contribution in [2.45, 2.75) is 26.2 Å². The van der Waals surface area contributed by atoms with Crippen LogP contribution in [0.1, 0.15) is 31.7 Å². The smallest absolute Gasteiger partial charge is 0.120 e. The van der Waals surface area contributed by atoms with E-state index in [9.17, 15) is 0 Å². The van der Waals surface area contributed by atoms with Crippen molar-refractivity contribution < 1.29 is 4.74 Å². The molecule has 2 rings (SSSR count). The first kappa shape index (κ1) is 14.1. The zero-order valence-corrected chi connectivity index (χ0v) is 12.5. The van der Waals surface area contributed by atoms with Crippen LogP contribution in [0.25, 0.3) is 0 Å². The van der Waals surface area contributed by atoms with Crippen LogP contribution in [0.3, 0.4) is 0 Å². The number of methoxy groups -OCH3 is 1. The predicted molar refractivity (Wildman–Crippen MR) is 84.1 cm³/mol. The van der Waals surface area contributed by atoms with Crippen molar-refractivity contribution in [2.75, 3.05) is 25.1 Å². The van der Waals surface area contributed by atoms with Crippen molar-refractivity contribution in [3.05, 3.63) is 23.8 Å². The summed E-state index contributed by atoms with van der Waals surface area (Å²) in [4.78, 5) is 2.84. The fourth-order valence-corrected chi connectivity index (χ4v) is 2.98. The van der Waals surface area contributed by atoms with Gasteiger partial charge in [0.1, 0.15) is 10.7 Å². The van der Waals surface area contributed by atoms with E-state index in [4.69, 9.17) is 22.7 Å². The van der Waals surface area contributed by atoms with E-state index in [2.05, 4.69) is 11.8 Å². The molecular formula is C15H22N2OS. The van der Waals surface area contributed by atoms with E-state index < -0.39 is 0 Å². The van der Waals surface area contributed by atoms with Gasteiger partial charge >= 0.3 is 0 Å². The summed E-state index contributed by atoms with van der Waals surface area (Å²) in [7, 11) is 1.68. The van der Waals surface area contributed by atoms with Crippen molar-refractivity contribution in [1.82, 2.24) is 0 Å². The second-order valence-corrected chi connectivity index (χ2v) is 5.58. The summed E-state index contributed by atoms with van der Waals surface area (Å²) >= 11 is 5.16. The molecule has 104 valence electrons. The number of nitrogens with two attached hydrogens (primary N) is 1. The van der Waals surface area contributed by atoms with Gasteiger partial charge in [-0.25, -0.2) is 0 Å². The van der Waals surface area contributed by atoms with Crippen LogP contribution in [0.2, 0.25) is 0 Å². The van der Waals surface area contributed by atoms with Crippen molar-refractivity contribution >= 4 is 22.9 Å². The van der Waals surface area contributed by atoms with E-state index in [1.54, 1.807) is 7.11 Å². The van der Waals surface area contributed by atoms with E-state index in [-0.39, 0.29) is 0 Å². The predicted octanol–water partition coefficient (Wildman–Crippen LogP) is 2.96. The zero-order valence-electron chi connectivity index (χ0n) is 11.7. The largest absolute Gasteiger partial charge is 0.497 e. The van der Waals surface area contributed by atoms with Crippen LogP contribution in [0.15, 0.2) is 18.2 Å². The Morgan fingerprint density at radius 1 is 1.53 bits per heavy atom. The lowest BCUT2D eigenvalue weighted by molar-refractivity contribution is 0.415. The summed E-state index contributed by atoms with van der Waals surface area (Å²) in [6.07, 6.45) is 3.80. The Hall–Kier alpha value is -1.29. The summed E-state index contributed by atoms with van der Waals surface area (Å²) in [6.45, 7) is 4.42. The number of hydrogen-bond donors (Lipinski definition) is 1. The molecule has 1 heterocycles. The summed E-state index contributed by atoms with van der Waals surface area (Å²) < 4.78 is 5.31. The molecule has 1 aromatic rings. The Labute approximate surface area is 120 Å². The van der Waals surface area contributed by atoms with Crippen molar-refractivity contribution in [1.29, 1.82) is 0 Å². The van der Waals surface area contributed by atoms with Crippen LogP contribution in [0, 0.1) is 5.92 Å². The highest BCUT2D eigenvalue weighted by Gasteiger charge is 2.24. The van der Waals surface area contributed by atoms with E-state index >= 15 is 0 Å². The second-order valence-electron chi connectivity index (χ2n) is 5.14. The Bertz CT molecular complexity index is 461. The van der Waals surface area contributed by atoms with Crippen LogP contribution in [-0.2, 0) is 0 Å². The van der Waals surface area contributed by atoms with Crippen molar-refractivity contribution in [2.24, 2.45) is 11.7 Å². The molecule has 1 unspecified atom stereocenters. The minimum absolute atomic E-state index is 0.455. The molecule has 0 amide bonds. The monoisotopic (exact) mass is 278 g/mol. The van der Waals surface area contributed by atoms with Crippen LogP contribution in [0.5, 0.6) is 5.75 Å². The van der Waals surface area contributed by atoms with Gasteiger partial charge in [-0.1, -0.05) is 25.6 Å². The van der Waals surface area contributed by atoms with Crippen molar-refractivity contribution in [3.63, 3.8) is 0 Å². The molecule has 1 aliphatic rings. The minimum Gasteiger partial charge on any atom is -0.497 e. The molecule has 4 heteroatoms. The van der Waals surface area contributed by atoms with Gasteiger partial charge in [0.05, 0.1) is 12.8 Å². The molecule has 1 aliphatic heterocycles. The van der Waals surface area contributed by atoms with Crippen LogP contribution >= 0.6 is 12.2 Å². The Morgan fingerprint density at radius 3 is 2.95 bits per heavy atom. The maximum absolute atomic E-state index is 5.83. The molecule has 3 nitrogen and oxygen atoms in total. The highest BCUT2D eigenvalue weighted by atomic mass is 32.1. The highest BCUT2D eigenvalue weighted by molar-refractivity contribution is 7.80. The molecule has 1 aromatic carbocycles. The third kappa shape index (κ3) is 3.18. The van der Waals surface area contributed by atoms with Gasteiger partial charge in [-0.05, 0) is 30.9 Å². The highest BCUT2D eigenvalue weighted by Crippen LogP contribution is 2.31. The lowest BCUT2D eigenvalue weighted by atomic mass is 10.0. The topological polar surface area (TPSA) is 38.5 Å². The molecular weight excluding hydrogens is 256 g/mol. The average molecular weight is 278 g/mol. The first-order valence-corrected chi connectivity index (χ1v) is 7.29. The molecule has 0 radical (unpaired) electrons. The number of nitrogens with zero attached hydrogens (tertiary/aromatic N) is 1. The zero-order chi connectivity index (χ0) is 13.8. The van der Waals surface area contributed by atoms with Crippen LogP contribution in [-0.4, -0.2) is 25.2 Å². The SMILES string of the molecule is CCCC1CCN(c2cc(OC)ccc2C(N)=S)C1. The minimum atomic E-state index is 0.455. The van der Waals surface area contributed by atoms with Crippen LogP contribution < -0.4 is 15.4 Å². The number of benzene rings is 1. The quantitative estimate of drug-likeness (QED) is 0.840.